The zero-order chi connectivity index (χ0) is 12.6. The number of hydrogen-bond acceptors (Lipinski definition) is 4. The molecule has 96 valence electrons. The van der Waals surface area contributed by atoms with Crippen LogP contribution in [0.4, 0.5) is 0 Å². The molecule has 0 spiro atoms. The number of aromatic nitrogens is 3. The average Bonchev–Trinajstić information content (AvgIpc) is 3.05. The molecule has 2 aromatic heterocycles. The van der Waals surface area contributed by atoms with E-state index in [0.717, 1.165) is 41.9 Å². The zero-order valence-electron chi connectivity index (χ0n) is 9.93. The van der Waals surface area contributed by atoms with Gasteiger partial charge in [-0.05, 0) is 28.8 Å². The van der Waals surface area contributed by atoms with Crippen LogP contribution in [0.5, 0.6) is 0 Å². The number of hydrogen-bond donors (Lipinski definition) is 2. The molecule has 5 nitrogen and oxygen atoms in total. The first kappa shape index (κ1) is 12.1. The number of fused-ring (bicyclic) bond motifs is 1. The van der Waals surface area contributed by atoms with Crippen molar-refractivity contribution in [2.45, 2.75) is 19.4 Å². The van der Waals surface area contributed by atoms with Crippen LogP contribution in [-0.2, 0) is 6.54 Å². The highest BCUT2D eigenvalue weighted by atomic mass is 79.9. The maximum absolute atomic E-state index is 9.25. The molecule has 0 atom stereocenters. The Morgan fingerprint density at radius 1 is 1.39 bits per heavy atom. The second kappa shape index (κ2) is 4.60. The second-order valence-electron chi connectivity index (χ2n) is 4.95. The predicted octanol–water partition coefficient (Wildman–Crippen LogP) is 1.35. The Morgan fingerprint density at radius 3 is 2.94 bits per heavy atom. The lowest BCUT2D eigenvalue weighted by Crippen LogP contribution is -2.26. The first-order chi connectivity index (χ1) is 8.72. The standard InChI is InChI=1S/C12H15BrN4O/c13-10-6-17-9(4-16-11(17)5-15-10)3-14-7-12(8-18)1-2-12/h4-6,14,18H,1-3,7-8H2. The Bertz CT molecular complexity index is 564. The van der Waals surface area contributed by atoms with Gasteiger partial charge in [-0.3, -0.25) is 4.40 Å². The van der Waals surface area contributed by atoms with E-state index in [4.69, 9.17) is 0 Å². The second-order valence-corrected chi connectivity index (χ2v) is 5.76. The smallest absolute Gasteiger partial charge is 0.155 e. The molecule has 1 aliphatic rings. The molecule has 2 heterocycles. The fourth-order valence-electron chi connectivity index (χ4n) is 2.07. The van der Waals surface area contributed by atoms with Crippen LogP contribution in [-0.4, -0.2) is 32.6 Å². The molecule has 6 heteroatoms. The van der Waals surface area contributed by atoms with Crippen LogP contribution in [0.25, 0.3) is 5.65 Å². The largest absolute Gasteiger partial charge is 0.396 e. The van der Waals surface area contributed by atoms with Crippen LogP contribution >= 0.6 is 15.9 Å². The number of imidazole rings is 1. The summed E-state index contributed by atoms with van der Waals surface area (Å²) in [5, 5.41) is 12.6. The van der Waals surface area contributed by atoms with Gasteiger partial charge in [-0.15, -0.1) is 0 Å². The van der Waals surface area contributed by atoms with Gasteiger partial charge in [0.2, 0.25) is 0 Å². The molecule has 2 N–H and O–H groups in total. The van der Waals surface area contributed by atoms with E-state index in [1.165, 1.54) is 0 Å². The Labute approximate surface area is 113 Å². The molecular formula is C12H15BrN4O. The van der Waals surface area contributed by atoms with E-state index in [1.54, 1.807) is 6.20 Å². The minimum absolute atomic E-state index is 0.141. The predicted molar refractivity (Wildman–Crippen MR) is 71.1 cm³/mol. The van der Waals surface area contributed by atoms with Gasteiger partial charge in [0, 0.05) is 31.3 Å². The molecule has 1 aliphatic carbocycles. The van der Waals surface area contributed by atoms with Crippen molar-refractivity contribution in [1.29, 1.82) is 0 Å². The molecule has 0 aromatic carbocycles. The fraction of sp³-hybridized carbons (Fsp3) is 0.500. The van der Waals surface area contributed by atoms with Crippen molar-refractivity contribution in [3.8, 4) is 0 Å². The molecule has 0 unspecified atom stereocenters. The fourth-order valence-corrected chi connectivity index (χ4v) is 2.38. The van der Waals surface area contributed by atoms with E-state index in [1.807, 2.05) is 16.8 Å². The van der Waals surface area contributed by atoms with E-state index in [2.05, 4.69) is 31.2 Å². The lowest BCUT2D eigenvalue weighted by atomic mass is 10.1. The Kier molecular flexibility index (Phi) is 3.09. The molecule has 18 heavy (non-hydrogen) atoms. The van der Waals surface area contributed by atoms with E-state index in [9.17, 15) is 5.11 Å². The summed E-state index contributed by atoms with van der Waals surface area (Å²) in [6, 6.07) is 0. The van der Waals surface area contributed by atoms with Gasteiger partial charge >= 0.3 is 0 Å². The van der Waals surface area contributed by atoms with Crippen LogP contribution < -0.4 is 5.32 Å². The van der Waals surface area contributed by atoms with Crippen LogP contribution in [0, 0.1) is 5.41 Å². The van der Waals surface area contributed by atoms with Crippen molar-refractivity contribution >= 4 is 21.6 Å². The van der Waals surface area contributed by atoms with E-state index >= 15 is 0 Å². The van der Waals surface area contributed by atoms with Crippen molar-refractivity contribution < 1.29 is 5.11 Å². The molecule has 0 bridgehead atoms. The highest BCUT2D eigenvalue weighted by Crippen LogP contribution is 2.44. The lowest BCUT2D eigenvalue weighted by Gasteiger charge is -2.12. The lowest BCUT2D eigenvalue weighted by molar-refractivity contribution is 0.207. The van der Waals surface area contributed by atoms with E-state index in [-0.39, 0.29) is 12.0 Å². The molecule has 0 amide bonds. The Balaban J connectivity index is 1.69. The van der Waals surface area contributed by atoms with Crippen LogP contribution in [0.1, 0.15) is 18.5 Å². The molecule has 1 fully saturated rings. The van der Waals surface area contributed by atoms with Gasteiger partial charge in [0.15, 0.2) is 5.65 Å². The molecule has 0 aliphatic heterocycles. The van der Waals surface area contributed by atoms with Gasteiger partial charge in [0.25, 0.3) is 0 Å². The van der Waals surface area contributed by atoms with Crippen LogP contribution in [0.3, 0.4) is 0 Å². The third-order valence-corrected chi connectivity index (χ3v) is 3.95. The van der Waals surface area contributed by atoms with Crippen LogP contribution in [0.15, 0.2) is 23.2 Å². The summed E-state index contributed by atoms with van der Waals surface area (Å²) in [5.41, 5.74) is 2.09. The molecular weight excluding hydrogens is 296 g/mol. The van der Waals surface area contributed by atoms with Gasteiger partial charge in [-0.2, -0.15) is 0 Å². The monoisotopic (exact) mass is 310 g/mol. The van der Waals surface area contributed by atoms with Crippen LogP contribution in [0.2, 0.25) is 0 Å². The Morgan fingerprint density at radius 2 is 2.22 bits per heavy atom. The normalized spacial score (nSPS) is 17.2. The minimum Gasteiger partial charge on any atom is -0.396 e. The number of aliphatic hydroxyl groups excluding tert-OH is 1. The third kappa shape index (κ3) is 2.28. The summed E-state index contributed by atoms with van der Waals surface area (Å²) in [4.78, 5) is 8.44. The number of nitrogens with zero attached hydrogens (tertiary/aromatic N) is 3. The average molecular weight is 311 g/mol. The molecule has 0 radical (unpaired) electrons. The molecule has 1 saturated carbocycles. The Hall–Kier alpha value is -0.980. The summed E-state index contributed by atoms with van der Waals surface area (Å²) in [6.45, 7) is 1.89. The van der Waals surface area contributed by atoms with Crippen molar-refractivity contribution in [3.63, 3.8) is 0 Å². The first-order valence-electron chi connectivity index (χ1n) is 6.02. The zero-order valence-corrected chi connectivity index (χ0v) is 11.5. The number of aliphatic hydroxyl groups is 1. The van der Waals surface area contributed by atoms with Gasteiger partial charge in [-0.25, -0.2) is 9.97 Å². The van der Waals surface area contributed by atoms with Gasteiger partial charge in [0.05, 0.1) is 18.1 Å². The summed E-state index contributed by atoms with van der Waals surface area (Å²) < 4.78 is 2.81. The minimum atomic E-state index is 0.141. The third-order valence-electron chi connectivity index (χ3n) is 3.54. The van der Waals surface area contributed by atoms with Crippen molar-refractivity contribution in [3.05, 3.63) is 28.9 Å². The number of nitrogens with one attached hydrogen (secondary N) is 1. The van der Waals surface area contributed by atoms with Crippen molar-refractivity contribution in [1.82, 2.24) is 19.7 Å². The molecule has 2 aromatic rings. The summed E-state index contributed by atoms with van der Waals surface area (Å²) >= 11 is 3.36. The summed E-state index contributed by atoms with van der Waals surface area (Å²) in [6.07, 6.45) is 7.76. The number of halogens is 1. The van der Waals surface area contributed by atoms with E-state index in [0.29, 0.717) is 0 Å². The van der Waals surface area contributed by atoms with Gasteiger partial charge < -0.3 is 10.4 Å². The highest BCUT2D eigenvalue weighted by Gasteiger charge is 2.41. The number of rotatable bonds is 5. The summed E-state index contributed by atoms with van der Waals surface area (Å²) in [7, 11) is 0. The molecule has 0 saturated heterocycles. The topological polar surface area (TPSA) is 62.5 Å². The maximum atomic E-state index is 9.25. The first-order valence-corrected chi connectivity index (χ1v) is 6.81. The highest BCUT2D eigenvalue weighted by molar-refractivity contribution is 9.10. The maximum Gasteiger partial charge on any atom is 0.155 e. The van der Waals surface area contributed by atoms with Crippen molar-refractivity contribution in [2.75, 3.05) is 13.2 Å². The van der Waals surface area contributed by atoms with Gasteiger partial charge in [-0.1, -0.05) is 0 Å². The quantitative estimate of drug-likeness (QED) is 0.875. The molecule has 3 rings (SSSR count). The van der Waals surface area contributed by atoms with E-state index < -0.39 is 0 Å². The SMILES string of the molecule is OCC1(CNCc2cnc3cnc(Br)cn23)CC1. The van der Waals surface area contributed by atoms with Gasteiger partial charge in [0.1, 0.15) is 4.60 Å². The summed E-state index contributed by atoms with van der Waals surface area (Å²) in [5.74, 6) is 0. The van der Waals surface area contributed by atoms with Crippen molar-refractivity contribution in [2.24, 2.45) is 5.41 Å².